The van der Waals surface area contributed by atoms with E-state index in [1.807, 2.05) is 12.1 Å². The van der Waals surface area contributed by atoms with Crippen molar-refractivity contribution in [2.24, 2.45) is 0 Å². The van der Waals surface area contributed by atoms with Crippen LogP contribution < -0.4 is 5.32 Å². The largest absolute Gasteiger partial charge is 0.390 e. The van der Waals surface area contributed by atoms with Crippen molar-refractivity contribution in [3.05, 3.63) is 47.8 Å². The van der Waals surface area contributed by atoms with Crippen LogP contribution in [0.25, 0.3) is 0 Å². The van der Waals surface area contributed by atoms with Gasteiger partial charge in [0.05, 0.1) is 12.3 Å². The zero-order chi connectivity index (χ0) is 13.0. The topological polar surface area (TPSA) is 58.0 Å². The molecule has 4 nitrogen and oxygen atoms in total. The first-order valence-electron chi connectivity index (χ1n) is 5.99. The van der Waals surface area contributed by atoms with Crippen LogP contribution in [0.4, 0.5) is 11.6 Å². The second-order valence-corrected chi connectivity index (χ2v) is 4.43. The van der Waals surface area contributed by atoms with Gasteiger partial charge in [-0.25, -0.2) is 9.97 Å². The summed E-state index contributed by atoms with van der Waals surface area (Å²) in [7, 11) is 0. The van der Waals surface area contributed by atoms with Gasteiger partial charge in [0.25, 0.3) is 0 Å². The monoisotopic (exact) mass is 243 g/mol. The molecule has 1 aromatic carbocycles. The molecule has 1 heterocycles. The Balaban J connectivity index is 2.13. The fourth-order valence-electron chi connectivity index (χ4n) is 1.62. The highest BCUT2D eigenvalue weighted by atomic mass is 16.3. The number of anilines is 2. The minimum atomic E-state index is -0.0799. The van der Waals surface area contributed by atoms with Gasteiger partial charge in [-0.1, -0.05) is 26.0 Å². The van der Waals surface area contributed by atoms with E-state index in [4.69, 9.17) is 5.11 Å². The first kappa shape index (κ1) is 12.5. The number of aliphatic hydroxyl groups is 1. The van der Waals surface area contributed by atoms with Gasteiger partial charge in [-0.2, -0.15) is 0 Å². The molecule has 18 heavy (non-hydrogen) atoms. The van der Waals surface area contributed by atoms with Crippen LogP contribution in [-0.2, 0) is 6.61 Å². The normalized spacial score (nSPS) is 10.7. The predicted octanol–water partition coefficient (Wildman–Crippen LogP) is 2.84. The summed E-state index contributed by atoms with van der Waals surface area (Å²) in [5.41, 5.74) is 2.84. The predicted molar refractivity (Wildman–Crippen MR) is 71.8 cm³/mol. The Morgan fingerprint density at radius 2 is 1.89 bits per heavy atom. The minimum absolute atomic E-state index is 0.0799. The van der Waals surface area contributed by atoms with E-state index in [2.05, 4.69) is 41.3 Å². The molecule has 2 rings (SSSR count). The number of rotatable bonds is 4. The van der Waals surface area contributed by atoms with Crippen LogP contribution in [0, 0.1) is 0 Å². The summed E-state index contributed by atoms with van der Waals surface area (Å²) >= 11 is 0. The van der Waals surface area contributed by atoms with Crippen molar-refractivity contribution in [2.45, 2.75) is 26.4 Å². The van der Waals surface area contributed by atoms with Crippen molar-refractivity contribution >= 4 is 11.6 Å². The number of hydrogen-bond acceptors (Lipinski definition) is 4. The molecule has 2 aromatic rings. The summed E-state index contributed by atoms with van der Waals surface area (Å²) in [5, 5.41) is 12.1. The van der Waals surface area contributed by atoms with E-state index >= 15 is 0 Å². The standard InChI is InChI=1S/C14H17N3O/c1-10(2)11-3-5-12(6-4-11)16-14-15-8-7-13(9-18)17-14/h3-8,10,18H,9H2,1-2H3,(H,15,16,17). The zero-order valence-corrected chi connectivity index (χ0v) is 10.6. The third-order valence-electron chi connectivity index (χ3n) is 2.71. The lowest BCUT2D eigenvalue weighted by molar-refractivity contribution is 0.277. The molecule has 0 bridgehead atoms. The van der Waals surface area contributed by atoms with Crippen LogP contribution in [0.3, 0.4) is 0 Å². The fraction of sp³-hybridized carbons (Fsp3) is 0.286. The second kappa shape index (κ2) is 5.60. The molecule has 0 aliphatic heterocycles. The Morgan fingerprint density at radius 3 is 2.50 bits per heavy atom. The molecule has 0 radical (unpaired) electrons. The molecule has 0 amide bonds. The van der Waals surface area contributed by atoms with Gasteiger partial charge in [0.2, 0.25) is 5.95 Å². The van der Waals surface area contributed by atoms with Gasteiger partial charge in [0.1, 0.15) is 0 Å². The van der Waals surface area contributed by atoms with Crippen LogP contribution in [0.15, 0.2) is 36.5 Å². The highest BCUT2D eigenvalue weighted by Crippen LogP contribution is 2.18. The lowest BCUT2D eigenvalue weighted by Crippen LogP contribution is -1.99. The maximum atomic E-state index is 9.01. The molecule has 0 fully saturated rings. The average molecular weight is 243 g/mol. The van der Waals surface area contributed by atoms with Gasteiger partial charge < -0.3 is 10.4 Å². The minimum Gasteiger partial charge on any atom is -0.390 e. The summed E-state index contributed by atoms with van der Waals surface area (Å²) in [6, 6.07) is 9.87. The second-order valence-electron chi connectivity index (χ2n) is 4.43. The van der Waals surface area contributed by atoms with Crippen molar-refractivity contribution in [1.29, 1.82) is 0 Å². The maximum Gasteiger partial charge on any atom is 0.227 e. The Kier molecular flexibility index (Phi) is 3.89. The molecule has 0 spiro atoms. The van der Waals surface area contributed by atoms with Crippen LogP contribution in [0.1, 0.15) is 31.0 Å². The highest BCUT2D eigenvalue weighted by molar-refractivity contribution is 5.53. The molecular weight excluding hydrogens is 226 g/mol. The smallest absolute Gasteiger partial charge is 0.227 e. The SMILES string of the molecule is CC(C)c1ccc(Nc2nccc(CO)n2)cc1. The van der Waals surface area contributed by atoms with Gasteiger partial charge in [0.15, 0.2) is 0 Å². The Morgan fingerprint density at radius 1 is 1.17 bits per heavy atom. The van der Waals surface area contributed by atoms with E-state index in [1.165, 1.54) is 5.56 Å². The molecule has 0 saturated carbocycles. The molecule has 0 unspecified atom stereocenters. The number of nitrogens with one attached hydrogen (secondary N) is 1. The summed E-state index contributed by atoms with van der Waals surface area (Å²) in [5.74, 6) is 1.02. The number of aromatic nitrogens is 2. The van der Waals surface area contributed by atoms with Crippen molar-refractivity contribution in [3.63, 3.8) is 0 Å². The lowest BCUT2D eigenvalue weighted by Gasteiger charge is -2.08. The van der Waals surface area contributed by atoms with Crippen molar-refractivity contribution in [3.8, 4) is 0 Å². The van der Waals surface area contributed by atoms with Crippen LogP contribution in [0.2, 0.25) is 0 Å². The summed E-state index contributed by atoms with van der Waals surface area (Å²) in [4.78, 5) is 8.28. The van der Waals surface area contributed by atoms with Gasteiger partial charge >= 0.3 is 0 Å². The quantitative estimate of drug-likeness (QED) is 0.867. The van der Waals surface area contributed by atoms with Crippen molar-refractivity contribution < 1.29 is 5.11 Å². The zero-order valence-electron chi connectivity index (χ0n) is 10.6. The first-order chi connectivity index (χ1) is 8.69. The molecule has 0 saturated heterocycles. The highest BCUT2D eigenvalue weighted by Gasteiger charge is 2.01. The first-order valence-corrected chi connectivity index (χ1v) is 5.99. The van der Waals surface area contributed by atoms with Crippen molar-refractivity contribution in [2.75, 3.05) is 5.32 Å². The third kappa shape index (κ3) is 3.05. The lowest BCUT2D eigenvalue weighted by atomic mass is 10.0. The molecule has 4 heteroatoms. The van der Waals surface area contributed by atoms with E-state index in [-0.39, 0.29) is 6.61 Å². The number of nitrogens with zero attached hydrogens (tertiary/aromatic N) is 2. The van der Waals surface area contributed by atoms with E-state index < -0.39 is 0 Å². The molecule has 0 aliphatic carbocycles. The van der Waals surface area contributed by atoms with Crippen molar-refractivity contribution in [1.82, 2.24) is 9.97 Å². The summed E-state index contributed by atoms with van der Waals surface area (Å²) in [6.45, 7) is 4.25. The molecule has 94 valence electrons. The Bertz CT molecular complexity index is 509. The molecule has 2 N–H and O–H groups in total. The Labute approximate surface area is 107 Å². The molecule has 0 atom stereocenters. The number of hydrogen-bond donors (Lipinski definition) is 2. The van der Waals surface area contributed by atoms with Gasteiger partial charge in [-0.15, -0.1) is 0 Å². The van der Waals surface area contributed by atoms with E-state index in [0.717, 1.165) is 5.69 Å². The molecular formula is C14H17N3O. The average Bonchev–Trinajstić information content (AvgIpc) is 2.39. The van der Waals surface area contributed by atoms with E-state index in [0.29, 0.717) is 17.6 Å². The summed E-state index contributed by atoms with van der Waals surface area (Å²) < 4.78 is 0. The third-order valence-corrected chi connectivity index (χ3v) is 2.71. The Hall–Kier alpha value is -1.94. The van der Waals surface area contributed by atoms with Crippen LogP contribution in [-0.4, -0.2) is 15.1 Å². The molecule has 1 aromatic heterocycles. The van der Waals surface area contributed by atoms with Gasteiger partial charge in [-0.3, -0.25) is 0 Å². The van der Waals surface area contributed by atoms with Crippen LogP contribution >= 0.6 is 0 Å². The number of benzene rings is 1. The van der Waals surface area contributed by atoms with Crippen LogP contribution in [0.5, 0.6) is 0 Å². The van der Waals surface area contributed by atoms with Gasteiger partial charge in [0, 0.05) is 11.9 Å². The maximum absolute atomic E-state index is 9.01. The van der Waals surface area contributed by atoms with E-state index in [9.17, 15) is 0 Å². The number of aliphatic hydroxyl groups excluding tert-OH is 1. The summed E-state index contributed by atoms with van der Waals surface area (Å²) in [6.07, 6.45) is 1.63. The fourth-order valence-corrected chi connectivity index (χ4v) is 1.62. The van der Waals surface area contributed by atoms with Gasteiger partial charge in [-0.05, 0) is 29.7 Å². The van der Waals surface area contributed by atoms with E-state index in [1.54, 1.807) is 12.3 Å². The molecule has 0 aliphatic rings.